The van der Waals surface area contributed by atoms with Gasteiger partial charge >= 0.3 is 0 Å². The molecule has 2 saturated heterocycles. The number of ether oxygens (including phenoxy) is 2. The highest BCUT2D eigenvalue weighted by molar-refractivity contribution is 5.52. The number of benzene rings is 1. The largest absolute Gasteiger partial charge is 0.497 e. The summed E-state index contributed by atoms with van der Waals surface area (Å²) in [6.07, 6.45) is 1.21. The third-order valence-electron chi connectivity index (χ3n) is 6.44. The Balaban J connectivity index is 1.38. The molecule has 2 aromatic rings. The van der Waals surface area contributed by atoms with Gasteiger partial charge < -0.3 is 24.6 Å². The number of rotatable bonds is 8. The zero-order valence-corrected chi connectivity index (χ0v) is 19.4. The molecule has 31 heavy (non-hydrogen) atoms. The summed E-state index contributed by atoms with van der Waals surface area (Å²) in [6, 6.07) is 8.39. The lowest BCUT2D eigenvalue weighted by Crippen LogP contribution is -2.38. The number of hydrogen-bond acceptors (Lipinski definition) is 6. The van der Waals surface area contributed by atoms with Crippen molar-refractivity contribution in [2.45, 2.75) is 32.7 Å². The molecule has 1 N–H and O–H groups in total. The molecule has 0 bridgehead atoms. The van der Waals surface area contributed by atoms with Gasteiger partial charge in [0.1, 0.15) is 11.6 Å². The maximum absolute atomic E-state index is 5.57. The van der Waals surface area contributed by atoms with Crippen molar-refractivity contribution in [2.24, 2.45) is 13.0 Å². The molecule has 2 fully saturated rings. The summed E-state index contributed by atoms with van der Waals surface area (Å²) in [5.41, 5.74) is 3.81. The van der Waals surface area contributed by atoms with Crippen LogP contribution < -0.4 is 19.9 Å². The second kappa shape index (κ2) is 9.92. The molecular weight excluding hydrogens is 390 g/mol. The van der Waals surface area contributed by atoms with E-state index in [-0.39, 0.29) is 0 Å². The molecule has 7 nitrogen and oxygen atoms in total. The first kappa shape index (κ1) is 22.0. The van der Waals surface area contributed by atoms with Gasteiger partial charge in [0.15, 0.2) is 0 Å². The van der Waals surface area contributed by atoms with E-state index >= 15 is 0 Å². The fraction of sp³-hybridized carbons (Fsp3) is 0.625. The molecule has 1 atom stereocenters. The Morgan fingerprint density at radius 1 is 1.19 bits per heavy atom. The van der Waals surface area contributed by atoms with Crippen LogP contribution in [-0.2, 0) is 18.3 Å². The van der Waals surface area contributed by atoms with Gasteiger partial charge in [0.25, 0.3) is 0 Å². The fourth-order valence-electron chi connectivity index (χ4n) is 4.83. The lowest BCUT2D eigenvalue weighted by Gasteiger charge is -2.29. The van der Waals surface area contributed by atoms with E-state index in [0.717, 1.165) is 58.2 Å². The third-order valence-corrected chi connectivity index (χ3v) is 6.44. The molecule has 170 valence electrons. The van der Waals surface area contributed by atoms with Crippen molar-refractivity contribution in [3.05, 3.63) is 35.5 Å². The van der Waals surface area contributed by atoms with Crippen molar-refractivity contribution >= 4 is 11.5 Å². The number of anilines is 2. The van der Waals surface area contributed by atoms with Gasteiger partial charge in [-0.2, -0.15) is 5.10 Å². The molecule has 1 unspecified atom stereocenters. The molecule has 2 aliphatic rings. The summed E-state index contributed by atoms with van der Waals surface area (Å²) in [5, 5.41) is 8.64. The van der Waals surface area contributed by atoms with Crippen LogP contribution in [0.25, 0.3) is 0 Å². The highest BCUT2D eigenvalue weighted by Crippen LogP contribution is 2.30. The Kier molecular flexibility index (Phi) is 7.02. The van der Waals surface area contributed by atoms with Crippen LogP contribution in [0.1, 0.15) is 37.4 Å². The van der Waals surface area contributed by atoms with Gasteiger partial charge in [-0.3, -0.25) is 4.68 Å². The second-order valence-electron chi connectivity index (χ2n) is 9.00. The van der Waals surface area contributed by atoms with Crippen LogP contribution in [0.3, 0.4) is 0 Å². The number of aromatic nitrogens is 2. The smallest absolute Gasteiger partial charge is 0.131 e. The highest BCUT2D eigenvalue weighted by atomic mass is 16.5. The van der Waals surface area contributed by atoms with Crippen LogP contribution in [0, 0.1) is 5.92 Å². The minimum atomic E-state index is 0.410. The Bertz CT molecular complexity index is 860. The summed E-state index contributed by atoms with van der Waals surface area (Å²) in [4.78, 5) is 4.90. The lowest BCUT2D eigenvalue weighted by molar-refractivity contribution is 0.122. The Morgan fingerprint density at radius 2 is 2.00 bits per heavy atom. The summed E-state index contributed by atoms with van der Waals surface area (Å²) in [6.45, 7) is 12.0. The van der Waals surface area contributed by atoms with E-state index in [1.165, 1.54) is 29.2 Å². The molecule has 2 aliphatic heterocycles. The van der Waals surface area contributed by atoms with E-state index in [9.17, 15) is 0 Å². The van der Waals surface area contributed by atoms with E-state index in [1.807, 2.05) is 6.07 Å². The van der Waals surface area contributed by atoms with Crippen molar-refractivity contribution in [1.82, 2.24) is 15.1 Å². The summed E-state index contributed by atoms with van der Waals surface area (Å²) in [7, 11) is 3.80. The van der Waals surface area contributed by atoms with E-state index in [1.54, 1.807) is 7.11 Å². The topological polar surface area (TPSA) is 54.8 Å². The van der Waals surface area contributed by atoms with Crippen molar-refractivity contribution in [3.8, 4) is 5.75 Å². The molecule has 0 spiro atoms. The van der Waals surface area contributed by atoms with Crippen molar-refractivity contribution in [3.63, 3.8) is 0 Å². The Labute approximate surface area is 186 Å². The monoisotopic (exact) mass is 427 g/mol. The van der Waals surface area contributed by atoms with Gasteiger partial charge in [0, 0.05) is 63.6 Å². The van der Waals surface area contributed by atoms with Crippen LogP contribution in [0.2, 0.25) is 0 Å². The number of aryl methyl sites for hydroxylation is 1. The molecule has 4 rings (SSSR count). The molecule has 7 heteroatoms. The first-order valence-corrected chi connectivity index (χ1v) is 11.5. The minimum Gasteiger partial charge on any atom is -0.497 e. The summed E-state index contributed by atoms with van der Waals surface area (Å²) < 4.78 is 13.0. The van der Waals surface area contributed by atoms with Crippen molar-refractivity contribution in [2.75, 3.05) is 62.8 Å². The SMILES string of the molecule is COc1cccc(N2CCC(CNCc3c(C(C)C)nn(C)c3N3CCOCC3)C2)c1. The van der Waals surface area contributed by atoms with Crippen LogP contribution in [-0.4, -0.2) is 62.8 Å². The quantitative estimate of drug-likeness (QED) is 0.699. The zero-order valence-electron chi connectivity index (χ0n) is 19.4. The average molecular weight is 428 g/mol. The molecule has 1 aromatic carbocycles. The zero-order chi connectivity index (χ0) is 21.8. The van der Waals surface area contributed by atoms with E-state index < -0.39 is 0 Å². The number of morpholine rings is 1. The maximum Gasteiger partial charge on any atom is 0.131 e. The molecule has 0 amide bonds. The van der Waals surface area contributed by atoms with Crippen molar-refractivity contribution < 1.29 is 9.47 Å². The van der Waals surface area contributed by atoms with E-state index in [0.29, 0.717) is 11.8 Å². The normalized spacial score (nSPS) is 19.5. The van der Waals surface area contributed by atoms with Gasteiger partial charge in [-0.05, 0) is 30.4 Å². The maximum atomic E-state index is 5.57. The predicted octanol–water partition coefficient (Wildman–Crippen LogP) is 3.00. The number of methoxy groups -OCH3 is 1. The standard InChI is InChI=1S/C24H37N5O2/c1-18(2)23-22(24(27(3)26-23)28-10-12-31-13-11-28)16-25-15-19-8-9-29(17-19)20-6-5-7-21(14-20)30-4/h5-7,14,18-19,25H,8-13,15-17H2,1-4H3. The van der Waals surface area contributed by atoms with Crippen LogP contribution in [0.15, 0.2) is 24.3 Å². The summed E-state index contributed by atoms with van der Waals surface area (Å²) >= 11 is 0. The van der Waals surface area contributed by atoms with Crippen LogP contribution in [0.5, 0.6) is 5.75 Å². The molecule has 0 radical (unpaired) electrons. The van der Waals surface area contributed by atoms with Crippen molar-refractivity contribution in [1.29, 1.82) is 0 Å². The van der Waals surface area contributed by atoms with Gasteiger partial charge in [-0.1, -0.05) is 19.9 Å². The molecule has 1 aromatic heterocycles. The van der Waals surface area contributed by atoms with Crippen LogP contribution >= 0.6 is 0 Å². The number of hydrogen-bond donors (Lipinski definition) is 1. The van der Waals surface area contributed by atoms with Gasteiger partial charge in [0.05, 0.1) is 26.0 Å². The molecule has 0 aliphatic carbocycles. The van der Waals surface area contributed by atoms with E-state index in [2.05, 4.69) is 58.9 Å². The van der Waals surface area contributed by atoms with E-state index in [4.69, 9.17) is 14.6 Å². The third kappa shape index (κ3) is 4.99. The molecule has 3 heterocycles. The second-order valence-corrected chi connectivity index (χ2v) is 9.00. The first-order chi connectivity index (χ1) is 15.1. The fourth-order valence-corrected chi connectivity index (χ4v) is 4.83. The minimum absolute atomic E-state index is 0.410. The van der Waals surface area contributed by atoms with Crippen LogP contribution in [0.4, 0.5) is 11.5 Å². The highest BCUT2D eigenvalue weighted by Gasteiger charge is 2.26. The van der Waals surface area contributed by atoms with Gasteiger partial charge in [0.2, 0.25) is 0 Å². The lowest BCUT2D eigenvalue weighted by atomic mass is 10.0. The molecular formula is C24H37N5O2. The van der Waals surface area contributed by atoms with Gasteiger partial charge in [-0.25, -0.2) is 0 Å². The predicted molar refractivity (Wildman–Crippen MR) is 125 cm³/mol. The number of nitrogens with one attached hydrogen (secondary N) is 1. The Morgan fingerprint density at radius 3 is 2.74 bits per heavy atom. The molecule has 0 saturated carbocycles. The first-order valence-electron chi connectivity index (χ1n) is 11.5. The average Bonchev–Trinajstić information content (AvgIpc) is 3.39. The summed E-state index contributed by atoms with van der Waals surface area (Å²) in [5.74, 6) is 3.24. The Hall–Kier alpha value is -2.25. The van der Waals surface area contributed by atoms with Gasteiger partial charge in [-0.15, -0.1) is 0 Å². The number of nitrogens with zero attached hydrogens (tertiary/aromatic N) is 4.